The van der Waals surface area contributed by atoms with Gasteiger partial charge in [0.05, 0.1) is 36.6 Å². The molecule has 1 fully saturated rings. The SMILES string of the molecule is CC[C@H](C)[C@H](NC(=O)C(N)(C(=O)[C@H](Cc1cnc[nH]1)NC(=O)[C@H](Cc1ccccc1)NC(=O)[C@]1(CN)CC(C(=O)OC(C)(C)C)CN1)C(O)CCC(C)C)C(=O)NCc1ccccn1. The number of pyridine rings is 1. The number of H-pyrrole nitrogens is 1. The van der Waals surface area contributed by atoms with Crippen LogP contribution in [0.2, 0.25) is 0 Å². The summed E-state index contributed by atoms with van der Waals surface area (Å²) in [5.41, 5.74) is 9.84. The predicted octanol–water partition coefficient (Wildman–Crippen LogP) is 1.12. The molecule has 1 aliphatic heterocycles. The number of aromatic nitrogens is 3. The van der Waals surface area contributed by atoms with Crippen LogP contribution < -0.4 is 38.1 Å². The van der Waals surface area contributed by atoms with E-state index in [0.717, 1.165) is 0 Å². The number of imidazole rings is 1. The number of esters is 1. The van der Waals surface area contributed by atoms with Gasteiger partial charge >= 0.3 is 5.97 Å². The summed E-state index contributed by atoms with van der Waals surface area (Å²) in [4.78, 5) is 96.6. The molecule has 64 heavy (non-hydrogen) atoms. The lowest BCUT2D eigenvalue weighted by Crippen LogP contribution is -2.72. The van der Waals surface area contributed by atoms with Gasteiger partial charge in [-0.05, 0) is 69.6 Å². The number of hydrogen-bond acceptors (Lipinski definition) is 13. The highest BCUT2D eigenvalue weighted by molar-refractivity contribution is 6.14. The fourth-order valence-electron chi connectivity index (χ4n) is 7.50. The molecule has 2 aromatic heterocycles. The number of amides is 4. The first kappa shape index (κ1) is 51.1. The summed E-state index contributed by atoms with van der Waals surface area (Å²) in [6, 6.07) is 10.1. The number of hydrogen-bond donors (Lipinski definition) is 9. The molecule has 4 rings (SSSR count). The molecule has 1 saturated heterocycles. The number of aliphatic hydroxyl groups is 1. The molecule has 0 radical (unpaired) electrons. The van der Waals surface area contributed by atoms with E-state index in [0.29, 0.717) is 29.8 Å². The highest BCUT2D eigenvalue weighted by Gasteiger charge is 2.53. The third kappa shape index (κ3) is 13.7. The molecule has 8 atom stereocenters. The zero-order valence-electron chi connectivity index (χ0n) is 38.1. The fraction of sp³-hybridized carbons (Fsp3) is 0.565. The van der Waals surface area contributed by atoms with Gasteiger partial charge in [-0.25, -0.2) is 4.98 Å². The first-order valence-electron chi connectivity index (χ1n) is 22.0. The largest absolute Gasteiger partial charge is 0.460 e. The second kappa shape index (κ2) is 22.9. The standard InChI is InChI=1S/C46H68N10O8/c1-8-29(4)37(40(60)51-25-32-16-12-13-19-50-32)56-43(63)46(48,36(57)18-17-28(2)3)38(58)34(21-33-24-49-27-52-33)54-39(59)35(20-30-14-10-9-11-15-30)55-42(62)45(26-47)22-31(23-53-45)41(61)64-44(5,6)7/h9-16,19,24,27-29,31,34-37,53,57H,8,17-18,20-23,25-26,47-48H2,1-7H3,(H,49,52)(H,51,60)(H,54,59)(H,55,62)(H,56,63)/t29-,31?,34-,35-,36?,37-,45+,46?/m0/s1. The van der Waals surface area contributed by atoms with Crippen LogP contribution in [-0.2, 0) is 52.9 Å². The molecule has 350 valence electrons. The smallest absolute Gasteiger partial charge is 0.310 e. The van der Waals surface area contributed by atoms with E-state index in [1.165, 1.54) is 12.5 Å². The monoisotopic (exact) mass is 889 g/mol. The minimum absolute atomic E-state index is 0.00272. The lowest BCUT2D eigenvalue weighted by molar-refractivity contribution is -0.159. The Morgan fingerprint density at radius 3 is 2.23 bits per heavy atom. The summed E-state index contributed by atoms with van der Waals surface area (Å²) < 4.78 is 5.58. The van der Waals surface area contributed by atoms with Gasteiger partial charge in [0.2, 0.25) is 17.7 Å². The summed E-state index contributed by atoms with van der Waals surface area (Å²) in [5.74, 6) is -5.73. The summed E-state index contributed by atoms with van der Waals surface area (Å²) in [7, 11) is 0. The molecule has 0 bridgehead atoms. The molecule has 0 spiro atoms. The lowest BCUT2D eigenvalue weighted by Gasteiger charge is -2.37. The molecule has 0 aliphatic carbocycles. The normalized spacial score (nSPS) is 19.6. The van der Waals surface area contributed by atoms with Gasteiger partial charge < -0.3 is 52.9 Å². The maximum atomic E-state index is 15.1. The van der Waals surface area contributed by atoms with E-state index in [2.05, 4.69) is 41.5 Å². The third-order valence-corrected chi connectivity index (χ3v) is 11.6. The van der Waals surface area contributed by atoms with Gasteiger partial charge in [0.1, 0.15) is 23.2 Å². The molecule has 1 aromatic carbocycles. The number of nitrogens with one attached hydrogen (secondary N) is 6. The van der Waals surface area contributed by atoms with Gasteiger partial charge in [-0.15, -0.1) is 0 Å². The topological polar surface area (TPSA) is 286 Å². The minimum atomic E-state index is -2.69. The van der Waals surface area contributed by atoms with Crippen molar-refractivity contribution < 1.29 is 38.6 Å². The van der Waals surface area contributed by atoms with Crippen LogP contribution >= 0.6 is 0 Å². The first-order chi connectivity index (χ1) is 30.2. The van der Waals surface area contributed by atoms with Crippen molar-refractivity contribution in [3.8, 4) is 0 Å². The number of ketones is 1. The fourth-order valence-corrected chi connectivity index (χ4v) is 7.50. The molecular formula is C46H68N10O8. The number of nitrogens with zero attached hydrogens (tertiary/aromatic N) is 2. The highest BCUT2D eigenvalue weighted by atomic mass is 16.6. The summed E-state index contributed by atoms with van der Waals surface area (Å²) in [6.07, 6.45) is 3.15. The van der Waals surface area contributed by atoms with Crippen molar-refractivity contribution in [3.63, 3.8) is 0 Å². The zero-order chi connectivity index (χ0) is 47.2. The van der Waals surface area contributed by atoms with Crippen molar-refractivity contribution in [2.24, 2.45) is 29.2 Å². The van der Waals surface area contributed by atoms with Crippen molar-refractivity contribution in [2.45, 2.75) is 134 Å². The molecule has 4 amide bonds. The van der Waals surface area contributed by atoms with Crippen LogP contribution in [0, 0.1) is 17.8 Å². The number of aliphatic hydroxyl groups excluding tert-OH is 1. The van der Waals surface area contributed by atoms with Crippen molar-refractivity contribution >= 4 is 35.4 Å². The van der Waals surface area contributed by atoms with E-state index in [-0.39, 0.29) is 51.2 Å². The maximum absolute atomic E-state index is 15.1. The van der Waals surface area contributed by atoms with E-state index in [1.54, 1.807) is 82.4 Å². The van der Waals surface area contributed by atoms with Crippen molar-refractivity contribution in [2.75, 3.05) is 13.1 Å². The Morgan fingerprint density at radius 1 is 0.938 bits per heavy atom. The van der Waals surface area contributed by atoms with E-state index in [4.69, 9.17) is 16.2 Å². The Morgan fingerprint density at radius 2 is 1.64 bits per heavy atom. The zero-order valence-corrected chi connectivity index (χ0v) is 38.1. The summed E-state index contributed by atoms with van der Waals surface area (Å²) >= 11 is 0. The number of Topliss-reactive ketones (excluding diaryl/α,β-unsaturated/α-hetero) is 1. The van der Waals surface area contributed by atoms with Crippen LogP contribution in [0.15, 0.2) is 67.3 Å². The number of nitrogens with two attached hydrogens (primary N) is 2. The number of rotatable bonds is 23. The molecule has 1 aliphatic rings. The van der Waals surface area contributed by atoms with Crippen molar-refractivity contribution in [1.29, 1.82) is 0 Å². The maximum Gasteiger partial charge on any atom is 0.310 e. The molecule has 3 unspecified atom stereocenters. The van der Waals surface area contributed by atoms with Gasteiger partial charge in [0, 0.05) is 44.0 Å². The Labute approximate surface area is 375 Å². The lowest BCUT2D eigenvalue weighted by atomic mass is 9.79. The van der Waals surface area contributed by atoms with Gasteiger partial charge in [0.25, 0.3) is 5.91 Å². The predicted molar refractivity (Wildman–Crippen MR) is 240 cm³/mol. The first-order valence-corrected chi connectivity index (χ1v) is 22.0. The summed E-state index contributed by atoms with van der Waals surface area (Å²) in [6.45, 7) is 12.6. The van der Waals surface area contributed by atoms with Crippen LogP contribution in [0.4, 0.5) is 0 Å². The van der Waals surface area contributed by atoms with Crippen LogP contribution in [0.3, 0.4) is 0 Å². The van der Waals surface area contributed by atoms with E-state index in [1.807, 2.05) is 20.8 Å². The minimum Gasteiger partial charge on any atom is -0.460 e. The molecule has 11 N–H and O–H groups in total. The van der Waals surface area contributed by atoms with Gasteiger partial charge in [-0.3, -0.25) is 33.8 Å². The number of carbonyl (C=O) groups excluding carboxylic acids is 6. The average Bonchev–Trinajstić information content (AvgIpc) is 3.96. The number of aromatic amines is 1. The Hall–Kier alpha value is -5.56. The van der Waals surface area contributed by atoms with E-state index >= 15 is 4.79 Å². The van der Waals surface area contributed by atoms with Gasteiger partial charge in [0.15, 0.2) is 11.3 Å². The summed E-state index contributed by atoms with van der Waals surface area (Å²) in [5, 5.41) is 26.0. The second-order valence-corrected chi connectivity index (χ2v) is 18.3. The van der Waals surface area contributed by atoms with Crippen LogP contribution in [0.5, 0.6) is 0 Å². The Bertz CT molecular complexity index is 2010. The number of ether oxygens (including phenoxy) is 1. The van der Waals surface area contributed by atoms with E-state index < -0.39 is 88.1 Å². The molecular weight excluding hydrogens is 821 g/mol. The van der Waals surface area contributed by atoms with Gasteiger partial charge in [-0.2, -0.15) is 0 Å². The molecule has 18 nitrogen and oxygen atoms in total. The quantitative estimate of drug-likeness (QED) is 0.0478. The van der Waals surface area contributed by atoms with Crippen LogP contribution in [0.1, 0.15) is 91.1 Å². The third-order valence-electron chi connectivity index (χ3n) is 11.6. The Kier molecular flexibility index (Phi) is 18.3. The number of benzene rings is 1. The van der Waals surface area contributed by atoms with Crippen LogP contribution in [-0.4, -0.2) is 109 Å². The molecule has 3 heterocycles. The number of carbonyl (C=O) groups is 6. The second-order valence-electron chi connectivity index (χ2n) is 18.3. The van der Waals surface area contributed by atoms with E-state index in [9.17, 15) is 29.1 Å². The van der Waals surface area contributed by atoms with Crippen molar-refractivity contribution in [3.05, 3.63) is 84.2 Å². The Balaban J connectivity index is 1.69. The highest BCUT2D eigenvalue weighted by Crippen LogP contribution is 2.27. The molecule has 0 saturated carbocycles. The molecule has 3 aromatic rings. The van der Waals surface area contributed by atoms with Gasteiger partial charge in [-0.1, -0.05) is 70.5 Å². The van der Waals surface area contributed by atoms with Crippen LogP contribution in [0.25, 0.3) is 0 Å². The van der Waals surface area contributed by atoms with Crippen molar-refractivity contribution in [1.82, 2.24) is 41.5 Å². The molecule has 18 heteroatoms. The average molecular weight is 889 g/mol.